The summed E-state index contributed by atoms with van der Waals surface area (Å²) >= 11 is 1.60. The van der Waals surface area contributed by atoms with Crippen molar-refractivity contribution in [1.29, 1.82) is 0 Å². The van der Waals surface area contributed by atoms with Gasteiger partial charge in [-0.25, -0.2) is 9.97 Å². The van der Waals surface area contributed by atoms with Crippen LogP contribution < -0.4 is 5.32 Å². The zero-order chi connectivity index (χ0) is 24.1. The SMILES string of the molecule is CCC(=O)N1CCc2c(nc(C)n2C(CC)CC2CCCN2CCC(NC=O)c2nccs2)C1. The largest absolute Gasteiger partial charge is 0.349 e. The van der Waals surface area contributed by atoms with Gasteiger partial charge < -0.3 is 19.7 Å². The number of carbonyl (C=O) groups excluding carboxylic acids is 2. The molecule has 186 valence electrons. The first-order valence-electron chi connectivity index (χ1n) is 12.7. The summed E-state index contributed by atoms with van der Waals surface area (Å²) < 4.78 is 2.48. The second-order valence-electron chi connectivity index (χ2n) is 9.47. The van der Waals surface area contributed by atoms with Gasteiger partial charge in [0.25, 0.3) is 0 Å². The van der Waals surface area contributed by atoms with Crippen LogP contribution in [-0.4, -0.2) is 62.3 Å². The van der Waals surface area contributed by atoms with Crippen molar-refractivity contribution >= 4 is 23.7 Å². The van der Waals surface area contributed by atoms with E-state index in [0.29, 0.717) is 25.0 Å². The number of rotatable bonds is 11. The maximum Gasteiger partial charge on any atom is 0.222 e. The van der Waals surface area contributed by atoms with E-state index in [0.717, 1.165) is 68.3 Å². The average Bonchev–Trinajstić information content (AvgIpc) is 3.59. The fourth-order valence-electron chi connectivity index (χ4n) is 5.75. The molecule has 2 aliphatic heterocycles. The zero-order valence-electron chi connectivity index (χ0n) is 20.7. The molecule has 0 spiro atoms. The van der Waals surface area contributed by atoms with Crippen LogP contribution in [0.5, 0.6) is 0 Å². The molecule has 2 aromatic rings. The fourth-order valence-corrected chi connectivity index (χ4v) is 6.48. The minimum atomic E-state index is -0.0163. The number of likely N-dealkylation sites (tertiary alicyclic amines) is 1. The van der Waals surface area contributed by atoms with Crippen molar-refractivity contribution in [3.8, 4) is 0 Å². The number of aromatic nitrogens is 3. The Labute approximate surface area is 206 Å². The molecular weight excluding hydrogens is 448 g/mol. The molecule has 8 nitrogen and oxygen atoms in total. The quantitative estimate of drug-likeness (QED) is 0.491. The normalized spacial score (nSPS) is 20.2. The number of thiazole rings is 1. The predicted octanol–water partition coefficient (Wildman–Crippen LogP) is 3.63. The average molecular weight is 487 g/mol. The number of nitrogens with zero attached hydrogens (tertiary/aromatic N) is 5. The van der Waals surface area contributed by atoms with Gasteiger partial charge in [-0.3, -0.25) is 9.59 Å². The molecule has 2 aromatic heterocycles. The predicted molar refractivity (Wildman–Crippen MR) is 134 cm³/mol. The van der Waals surface area contributed by atoms with Crippen molar-refractivity contribution in [2.45, 2.75) is 90.4 Å². The molecule has 1 saturated heterocycles. The molecule has 4 heterocycles. The monoisotopic (exact) mass is 486 g/mol. The minimum Gasteiger partial charge on any atom is -0.349 e. The van der Waals surface area contributed by atoms with Gasteiger partial charge in [-0.05, 0) is 45.6 Å². The first-order valence-corrected chi connectivity index (χ1v) is 13.6. The third-order valence-electron chi connectivity index (χ3n) is 7.49. The van der Waals surface area contributed by atoms with E-state index in [2.05, 4.69) is 33.6 Å². The van der Waals surface area contributed by atoms with Gasteiger partial charge in [-0.2, -0.15) is 0 Å². The molecule has 3 atom stereocenters. The van der Waals surface area contributed by atoms with Gasteiger partial charge in [0.05, 0.1) is 18.3 Å². The molecule has 0 radical (unpaired) electrons. The highest BCUT2D eigenvalue weighted by atomic mass is 32.1. The summed E-state index contributed by atoms with van der Waals surface area (Å²) in [6.45, 7) is 9.82. The molecule has 1 N–H and O–H groups in total. The Morgan fingerprint density at radius 3 is 2.91 bits per heavy atom. The molecule has 0 bridgehead atoms. The maximum absolute atomic E-state index is 12.2. The van der Waals surface area contributed by atoms with Gasteiger partial charge in [0, 0.05) is 55.3 Å². The Hall–Kier alpha value is -2.26. The van der Waals surface area contributed by atoms with Gasteiger partial charge >= 0.3 is 0 Å². The van der Waals surface area contributed by atoms with E-state index in [-0.39, 0.29) is 11.9 Å². The van der Waals surface area contributed by atoms with Gasteiger partial charge in [0.2, 0.25) is 12.3 Å². The number of fused-ring (bicyclic) bond motifs is 1. The topological polar surface area (TPSA) is 83.4 Å². The van der Waals surface area contributed by atoms with Crippen LogP contribution in [0.3, 0.4) is 0 Å². The van der Waals surface area contributed by atoms with E-state index < -0.39 is 0 Å². The highest BCUT2D eigenvalue weighted by Gasteiger charge is 2.32. The van der Waals surface area contributed by atoms with Crippen LogP contribution in [-0.2, 0) is 22.6 Å². The lowest BCUT2D eigenvalue weighted by molar-refractivity contribution is -0.131. The van der Waals surface area contributed by atoms with E-state index >= 15 is 0 Å². The lowest BCUT2D eigenvalue weighted by Gasteiger charge is -2.32. The third-order valence-corrected chi connectivity index (χ3v) is 8.38. The Morgan fingerprint density at radius 1 is 1.35 bits per heavy atom. The smallest absolute Gasteiger partial charge is 0.222 e. The number of nitrogens with one attached hydrogen (secondary N) is 1. The molecule has 1 fully saturated rings. The van der Waals surface area contributed by atoms with Crippen molar-refractivity contribution in [3.63, 3.8) is 0 Å². The molecule has 0 aromatic carbocycles. The Bertz CT molecular complexity index is 959. The molecule has 0 saturated carbocycles. The van der Waals surface area contributed by atoms with Gasteiger partial charge in [-0.15, -0.1) is 11.3 Å². The minimum absolute atomic E-state index is 0.0163. The lowest BCUT2D eigenvalue weighted by Crippen LogP contribution is -2.37. The Kier molecular flexibility index (Phi) is 8.37. The summed E-state index contributed by atoms with van der Waals surface area (Å²) in [5, 5.41) is 5.90. The van der Waals surface area contributed by atoms with Gasteiger partial charge in [-0.1, -0.05) is 13.8 Å². The lowest BCUT2D eigenvalue weighted by atomic mass is 10.0. The van der Waals surface area contributed by atoms with Crippen LogP contribution in [0.25, 0.3) is 0 Å². The van der Waals surface area contributed by atoms with Crippen LogP contribution in [0.2, 0.25) is 0 Å². The second kappa shape index (κ2) is 11.4. The first-order chi connectivity index (χ1) is 16.5. The van der Waals surface area contributed by atoms with Gasteiger partial charge in [0.1, 0.15) is 10.8 Å². The van der Waals surface area contributed by atoms with Crippen molar-refractivity contribution in [3.05, 3.63) is 33.8 Å². The van der Waals surface area contributed by atoms with E-state index in [1.807, 2.05) is 17.2 Å². The number of carbonyl (C=O) groups is 2. The Morgan fingerprint density at radius 2 is 2.21 bits per heavy atom. The van der Waals surface area contributed by atoms with Crippen molar-refractivity contribution < 1.29 is 9.59 Å². The summed E-state index contributed by atoms with van der Waals surface area (Å²) in [6.07, 6.45) is 9.53. The van der Waals surface area contributed by atoms with Crippen molar-refractivity contribution in [2.75, 3.05) is 19.6 Å². The van der Waals surface area contributed by atoms with Crippen molar-refractivity contribution in [1.82, 2.24) is 29.7 Å². The van der Waals surface area contributed by atoms with E-state index in [4.69, 9.17) is 4.98 Å². The second-order valence-corrected chi connectivity index (χ2v) is 10.4. The van der Waals surface area contributed by atoms with Crippen LogP contribution in [0.4, 0.5) is 0 Å². The number of amides is 2. The number of imidazole rings is 1. The van der Waals surface area contributed by atoms with E-state index in [1.54, 1.807) is 17.5 Å². The molecular formula is C25H38N6O2S. The first kappa shape index (κ1) is 24.9. The molecule has 2 aliphatic rings. The Balaban J connectivity index is 1.43. The number of aryl methyl sites for hydroxylation is 1. The summed E-state index contributed by atoms with van der Waals surface area (Å²) in [5.74, 6) is 1.29. The molecule has 3 unspecified atom stereocenters. The zero-order valence-corrected chi connectivity index (χ0v) is 21.5. The molecule has 9 heteroatoms. The molecule has 0 aliphatic carbocycles. The standard InChI is InChI=1S/C25H38N6O2S/c1-4-19(31-18(3)28-22-16-30(24(33)5-2)13-9-23(22)31)15-20-7-6-11-29(20)12-8-21(27-17-32)25-26-10-14-34-25/h10,14,17,19-21H,4-9,11-13,15-16H2,1-3H3,(H,27,32). The number of hydrogen-bond donors (Lipinski definition) is 1. The summed E-state index contributed by atoms with van der Waals surface area (Å²) in [6, 6.07) is 0.938. The van der Waals surface area contributed by atoms with Crippen LogP contribution >= 0.6 is 11.3 Å². The van der Waals surface area contributed by atoms with E-state index in [1.165, 1.54) is 18.5 Å². The van der Waals surface area contributed by atoms with E-state index in [9.17, 15) is 9.59 Å². The van der Waals surface area contributed by atoms with Crippen LogP contribution in [0.1, 0.15) is 86.7 Å². The molecule has 2 amide bonds. The highest BCUT2D eigenvalue weighted by Crippen LogP contribution is 2.33. The van der Waals surface area contributed by atoms with Crippen LogP contribution in [0, 0.1) is 6.92 Å². The maximum atomic E-state index is 12.2. The number of hydrogen-bond acceptors (Lipinski definition) is 6. The van der Waals surface area contributed by atoms with Crippen LogP contribution in [0.15, 0.2) is 11.6 Å². The van der Waals surface area contributed by atoms with Gasteiger partial charge in [0.15, 0.2) is 0 Å². The summed E-state index contributed by atoms with van der Waals surface area (Å²) in [7, 11) is 0. The molecule has 34 heavy (non-hydrogen) atoms. The summed E-state index contributed by atoms with van der Waals surface area (Å²) in [5.41, 5.74) is 2.41. The summed E-state index contributed by atoms with van der Waals surface area (Å²) in [4.78, 5) is 37.2. The third kappa shape index (κ3) is 5.35. The van der Waals surface area contributed by atoms with Crippen molar-refractivity contribution in [2.24, 2.45) is 0 Å². The molecule has 4 rings (SSSR count). The fraction of sp³-hybridized carbons (Fsp3) is 0.680. The highest BCUT2D eigenvalue weighted by molar-refractivity contribution is 7.09.